The van der Waals surface area contributed by atoms with Crippen molar-refractivity contribution < 1.29 is 4.74 Å². The first-order chi connectivity index (χ1) is 12.5. The Balaban J connectivity index is 1.78. The monoisotopic (exact) mass is 350 g/mol. The summed E-state index contributed by atoms with van der Waals surface area (Å²) < 4.78 is 7.66. The van der Waals surface area contributed by atoms with Gasteiger partial charge in [-0.25, -0.2) is 4.98 Å². The van der Waals surface area contributed by atoms with E-state index in [1.165, 1.54) is 0 Å². The largest absolute Gasteiger partial charge is 0.376 e. The maximum absolute atomic E-state index is 5.75. The molecule has 0 bridgehead atoms. The average molecular weight is 350 g/mol. The number of aromatic nitrogens is 3. The SMILES string of the molecule is CC(C)(C)c1cc(NC[C@@H]2CCCO2)n2ncc(-c3ccccc3)c2n1. The van der Waals surface area contributed by atoms with Crippen molar-refractivity contribution in [1.29, 1.82) is 0 Å². The summed E-state index contributed by atoms with van der Waals surface area (Å²) in [5, 5.41) is 8.16. The Morgan fingerprint density at radius 2 is 2.04 bits per heavy atom. The summed E-state index contributed by atoms with van der Waals surface area (Å²) in [6.07, 6.45) is 4.44. The molecular formula is C21H26N4O. The Morgan fingerprint density at radius 3 is 2.73 bits per heavy atom. The molecule has 0 spiro atoms. The highest BCUT2D eigenvalue weighted by atomic mass is 16.5. The molecule has 1 N–H and O–H groups in total. The topological polar surface area (TPSA) is 51.5 Å². The molecule has 3 heterocycles. The lowest BCUT2D eigenvalue weighted by Gasteiger charge is -2.20. The maximum atomic E-state index is 5.75. The molecule has 1 saturated heterocycles. The predicted molar refractivity (Wildman–Crippen MR) is 105 cm³/mol. The van der Waals surface area contributed by atoms with Crippen molar-refractivity contribution in [1.82, 2.24) is 14.6 Å². The Morgan fingerprint density at radius 1 is 1.23 bits per heavy atom. The van der Waals surface area contributed by atoms with E-state index in [-0.39, 0.29) is 11.5 Å². The van der Waals surface area contributed by atoms with Gasteiger partial charge in [0, 0.05) is 30.2 Å². The summed E-state index contributed by atoms with van der Waals surface area (Å²) in [6, 6.07) is 12.4. The van der Waals surface area contributed by atoms with Crippen LogP contribution in [0.1, 0.15) is 39.3 Å². The Hall–Kier alpha value is -2.40. The zero-order chi connectivity index (χ0) is 18.1. The van der Waals surface area contributed by atoms with E-state index >= 15 is 0 Å². The molecule has 0 aliphatic carbocycles. The molecule has 5 heteroatoms. The quantitative estimate of drug-likeness (QED) is 0.763. The summed E-state index contributed by atoms with van der Waals surface area (Å²) in [5.74, 6) is 0.970. The van der Waals surface area contributed by atoms with Crippen molar-refractivity contribution in [2.75, 3.05) is 18.5 Å². The van der Waals surface area contributed by atoms with Gasteiger partial charge in [-0.3, -0.25) is 0 Å². The normalized spacial score (nSPS) is 17.7. The van der Waals surface area contributed by atoms with Gasteiger partial charge >= 0.3 is 0 Å². The van der Waals surface area contributed by atoms with Gasteiger partial charge in [0.15, 0.2) is 5.65 Å². The standard InChI is InChI=1S/C21H26N4O/c1-21(2,3)18-12-19(22-13-16-10-7-11-26-16)25-20(24-18)17(14-23-25)15-8-5-4-6-9-15/h4-6,8-9,12,14,16,22H,7,10-11,13H2,1-3H3/t16-/m0/s1. The number of anilines is 1. The van der Waals surface area contributed by atoms with Crippen LogP contribution in [0.2, 0.25) is 0 Å². The van der Waals surface area contributed by atoms with Gasteiger partial charge in [-0.2, -0.15) is 9.61 Å². The van der Waals surface area contributed by atoms with Crippen LogP contribution in [-0.2, 0) is 10.2 Å². The lowest BCUT2D eigenvalue weighted by Crippen LogP contribution is -2.21. The van der Waals surface area contributed by atoms with Crippen molar-refractivity contribution in [3.05, 3.63) is 48.3 Å². The average Bonchev–Trinajstić information content (AvgIpc) is 3.29. The fourth-order valence-corrected chi connectivity index (χ4v) is 3.32. The first kappa shape index (κ1) is 17.0. The molecule has 26 heavy (non-hydrogen) atoms. The van der Waals surface area contributed by atoms with Crippen LogP contribution in [-0.4, -0.2) is 33.9 Å². The number of fused-ring (bicyclic) bond motifs is 1. The van der Waals surface area contributed by atoms with Crippen molar-refractivity contribution in [3.8, 4) is 11.1 Å². The first-order valence-corrected chi connectivity index (χ1v) is 9.32. The fourth-order valence-electron chi connectivity index (χ4n) is 3.32. The summed E-state index contributed by atoms with van der Waals surface area (Å²) in [6.45, 7) is 8.23. The molecular weight excluding hydrogens is 324 g/mol. The summed E-state index contributed by atoms with van der Waals surface area (Å²) in [5.41, 5.74) is 4.08. The maximum Gasteiger partial charge on any atom is 0.165 e. The van der Waals surface area contributed by atoms with E-state index in [9.17, 15) is 0 Å². The zero-order valence-electron chi connectivity index (χ0n) is 15.7. The van der Waals surface area contributed by atoms with E-state index in [4.69, 9.17) is 9.72 Å². The zero-order valence-corrected chi connectivity index (χ0v) is 15.7. The van der Waals surface area contributed by atoms with Crippen LogP contribution < -0.4 is 5.32 Å². The van der Waals surface area contributed by atoms with Gasteiger partial charge in [-0.05, 0) is 18.4 Å². The Kier molecular flexibility index (Phi) is 4.41. The fraction of sp³-hybridized carbons (Fsp3) is 0.429. The van der Waals surface area contributed by atoms with Gasteiger partial charge in [-0.15, -0.1) is 0 Å². The molecule has 1 aromatic carbocycles. The number of benzene rings is 1. The summed E-state index contributed by atoms with van der Waals surface area (Å²) >= 11 is 0. The van der Waals surface area contributed by atoms with Crippen molar-refractivity contribution in [2.24, 2.45) is 0 Å². The predicted octanol–water partition coefficient (Wildman–Crippen LogP) is 4.28. The number of nitrogens with one attached hydrogen (secondary N) is 1. The van der Waals surface area contributed by atoms with Gasteiger partial charge in [0.1, 0.15) is 5.82 Å². The number of nitrogens with zero attached hydrogens (tertiary/aromatic N) is 3. The minimum Gasteiger partial charge on any atom is -0.376 e. The van der Waals surface area contributed by atoms with Crippen LogP contribution in [0.5, 0.6) is 0 Å². The van der Waals surface area contributed by atoms with Crippen LogP contribution in [0.25, 0.3) is 16.8 Å². The van der Waals surface area contributed by atoms with Crippen LogP contribution in [0.15, 0.2) is 42.6 Å². The van der Waals surface area contributed by atoms with E-state index < -0.39 is 0 Å². The van der Waals surface area contributed by atoms with E-state index in [1.807, 2.05) is 28.9 Å². The second kappa shape index (κ2) is 6.72. The Labute approximate surface area is 154 Å². The number of hydrogen-bond donors (Lipinski definition) is 1. The van der Waals surface area contributed by atoms with E-state index in [0.29, 0.717) is 0 Å². The molecule has 1 aliphatic heterocycles. The summed E-state index contributed by atoms with van der Waals surface area (Å²) in [7, 11) is 0. The first-order valence-electron chi connectivity index (χ1n) is 9.32. The molecule has 2 aromatic heterocycles. The van der Waals surface area contributed by atoms with Crippen molar-refractivity contribution >= 4 is 11.5 Å². The third kappa shape index (κ3) is 3.31. The minimum atomic E-state index is -0.0414. The second-order valence-corrected chi connectivity index (χ2v) is 7.95. The highest BCUT2D eigenvalue weighted by molar-refractivity contribution is 5.78. The smallest absolute Gasteiger partial charge is 0.165 e. The highest BCUT2D eigenvalue weighted by Gasteiger charge is 2.21. The summed E-state index contributed by atoms with van der Waals surface area (Å²) in [4.78, 5) is 4.95. The minimum absolute atomic E-state index is 0.0414. The van der Waals surface area contributed by atoms with Crippen LogP contribution in [0.4, 0.5) is 5.82 Å². The van der Waals surface area contributed by atoms with Gasteiger partial charge in [0.25, 0.3) is 0 Å². The lowest BCUT2D eigenvalue weighted by atomic mass is 9.92. The van der Waals surface area contributed by atoms with Crippen molar-refractivity contribution in [2.45, 2.75) is 45.1 Å². The number of hydrogen-bond acceptors (Lipinski definition) is 4. The van der Waals surface area contributed by atoms with E-state index in [2.05, 4.69) is 49.4 Å². The third-order valence-electron chi connectivity index (χ3n) is 4.86. The number of rotatable bonds is 4. The molecule has 136 valence electrons. The number of ether oxygens (including phenoxy) is 1. The molecule has 0 radical (unpaired) electrons. The molecule has 3 aromatic rings. The third-order valence-corrected chi connectivity index (χ3v) is 4.86. The highest BCUT2D eigenvalue weighted by Crippen LogP contribution is 2.29. The molecule has 1 fully saturated rings. The van der Waals surface area contributed by atoms with Gasteiger partial charge in [-0.1, -0.05) is 51.1 Å². The van der Waals surface area contributed by atoms with Crippen LogP contribution >= 0.6 is 0 Å². The molecule has 0 amide bonds. The molecule has 0 unspecified atom stereocenters. The second-order valence-electron chi connectivity index (χ2n) is 7.95. The van der Waals surface area contributed by atoms with Gasteiger partial charge < -0.3 is 10.1 Å². The molecule has 4 rings (SSSR count). The Bertz CT molecular complexity index is 890. The molecule has 0 saturated carbocycles. The van der Waals surface area contributed by atoms with Crippen LogP contribution in [0.3, 0.4) is 0 Å². The molecule has 1 aliphatic rings. The van der Waals surface area contributed by atoms with Crippen LogP contribution in [0, 0.1) is 0 Å². The lowest BCUT2D eigenvalue weighted by molar-refractivity contribution is 0.120. The van der Waals surface area contributed by atoms with E-state index in [1.54, 1.807) is 0 Å². The van der Waals surface area contributed by atoms with Gasteiger partial charge in [0.05, 0.1) is 18.0 Å². The molecule has 5 nitrogen and oxygen atoms in total. The van der Waals surface area contributed by atoms with Gasteiger partial charge in [0.2, 0.25) is 0 Å². The molecule has 1 atom stereocenters. The van der Waals surface area contributed by atoms with Crippen molar-refractivity contribution in [3.63, 3.8) is 0 Å². The van der Waals surface area contributed by atoms with E-state index in [0.717, 1.165) is 54.3 Å².